The van der Waals surface area contributed by atoms with Gasteiger partial charge in [0.05, 0.1) is 10.7 Å². The summed E-state index contributed by atoms with van der Waals surface area (Å²) in [6.45, 7) is 15.8. The lowest BCUT2D eigenvalue weighted by Crippen LogP contribution is -2.46. The number of anilines is 1. The molecule has 0 unspecified atom stereocenters. The number of nitrogens with zero attached hydrogens (tertiary/aromatic N) is 5. The Hall–Kier alpha value is -1.53. The molecule has 0 radical (unpaired) electrons. The standard InChI is InChI=1S/C19H29N5S/c1-6-15-11-17(22-18(21-15)19(3,4)5)24-9-7-23(8-10-24)12-16-13-25-14(2)20-16/h11,13H,6-10,12H2,1-5H3. The highest BCUT2D eigenvalue weighted by Crippen LogP contribution is 2.23. The summed E-state index contributed by atoms with van der Waals surface area (Å²) < 4.78 is 0. The normalized spacial score (nSPS) is 16.4. The van der Waals surface area contributed by atoms with E-state index in [1.54, 1.807) is 11.3 Å². The molecule has 0 bridgehead atoms. The molecular weight excluding hydrogens is 330 g/mol. The predicted molar refractivity (Wildman–Crippen MR) is 104 cm³/mol. The van der Waals surface area contributed by atoms with Gasteiger partial charge in [-0.25, -0.2) is 15.0 Å². The fourth-order valence-corrected chi connectivity index (χ4v) is 3.61. The Labute approximate surface area is 155 Å². The summed E-state index contributed by atoms with van der Waals surface area (Å²) in [4.78, 5) is 19.1. The zero-order chi connectivity index (χ0) is 18.0. The average molecular weight is 360 g/mol. The van der Waals surface area contributed by atoms with Gasteiger partial charge in [0.15, 0.2) is 0 Å². The zero-order valence-corrected chi connectivity index (χ0v) is 16.9. The molecule has 3 rings (SSSR count). The van der Waals surface area contributed by atoms with E-state index in [-0.39, 0.29) is 5.41 Å². The van der Waals surface area contributed by atoms with Crippen molar-refractivity contribution in [1.29, 1.82) is 0 Å². The van der Waals surface area contributed by atoms with Crippen molar-refractivity contribution < 1.29 is 0 Å². The Morgan fingerprint density at radius 2 is 1.76 bits per heavy atom. The van der Waals surface area contributed by atoms with Crippen molar-refractivity contribution in [3.63, 3.8) is 0 Å². The SMILES string of the molecule is CCc1cc(N2CCN(Cc3csc(C)n3)CC2)nc(C(C)(C)C)n1. The molecule has 0 saturated carbocycles. The quantitative estimate of drug-likeness (QED) is 0.837. The summed E-state index contributed by atoms with van der Waals surface area (Å²) in [5.74, 6) is 2.03. The fourth-order valence-electron chi connectivity index (χ4n) is 3.01. The summed E-state index contributed by atoms with van der Waals surface area (Å²) in [6, 6.07) is 2.16. The molecule has 6 heteroatoms. The topological polar surface area (TPSA) is 45.2 Å². The molecule has 0 aliphatic carbocycles. The van der Waals surface area contributed by atoms with E-state index < -0.39 is 0 Å². The molecule has 25 heavy (non-hydrogen) atoms. The van der Waals surface area contributed by atoms with Gasteiger partial charge >= 0.3 is 0 Å². The van der Waals surface area contributed by atoms with Crippen LogP contribution < -0.4 is 4.90 Å². The number of piperazine rings is 1. The number of rotatable bonds is 4. The predicted octanol–water partition coefficient (Wildman–Crippen LogP) is 3.42. The number of aryl methyl sites for hydroxylation is 2. The van der Waals surface area contributed by atoms with Crippen molar-refractivity contribution in [3.05, 3.63) is 33.7 Å². The van der Waals surface area contributed by atoms with Crippen LogP contribution in [0.25, 0.3) is 0 Å². The van der Waals surface area contributed by atoms with Gasteiger partial charge < -0.3 is 4.90 Å². The lowest BCUT2D eigenvalue weighted by molar-refractivity contribution is 0.247. The molecule has 0 atom stereocenters. The van der Waals surface area contributed by atoms with Crippen LogP contribution in [0.4, 0.5) is 5.82 Å². The van der Waals surface area contributed by atoms with Gasteiger partial charge in [0.1, 0.15) is 11.6 Å². The van der Waals surface area contributed by atoms with Gasteiger partial charge in [0, 0.05) is 55.3 Å². The van der Waals surface area contributed by atoms with Gasteiger partial charge in [0.25, 0.3) is 0 Å². The summed E-state index contributed by atoms with van der Waals surface area (Å²) in [5, 5.41) is 3.33. The minimum absolute atomic E-state index is 0.0236. The first-order valence-electron chi connectivity index (χ1n) is 9.12. The number of aromatic nitrogens is 3. The van der Waals surface area contributed by atoms with Crippen molar-refractivity contribution in [2.75, 3.05) is 31.1 Å². The lowest BCUT2D eigenvalue weighted by Gasteiger charge is -2.35. The van der Waals surface area contributed by atoms with E-state index in [0.717, 1.165) is 61.5 Å². The Bertz CT molecular complexity index is 711. The van der Waals surface area contributed by atoms with Crippen molar-refractivity contribution in [3.8, 4) is 0 Å². The molecule has 136 valence electrons. The Balaban J connectivity index is 1.68. The molecular formula is C19H29N5S. The van der Waals surface area contributed by atoms with Crippen molar-refractivity contribution in [1.82, 2.24) is 19.9 Å². The van der Waals surface area contributed by atoms with Gasteiger partial charge in [-0.05, 0) is 13.3 Å². The van der Waals surface area contributed by atoms with E-state index in [1.807, 2.05) is 0 Å². The second-order valence-electron chi connectivity index (χ2n) is 7.77. The zero-order valence-electron chi connectivity index (χ0n) is 16.0. The molecule has 3 heterocycles. The number of hydrogen-bond acceptors (Lipinski definition) is 6. The summed E-state index contributed by atoms with van der Waals surface area (Å²) in [5.41, 5.74) is 2.31. The van der Waals surface area contributed by atoms with E-state index in [1.165, 1.54) is 5.69 Å². The van der Waals surface area contributed by atoms with E-state index in [9.17, 15) is 0 Å². The second-order valence-corrected chi connectivity index (χ2v) is 8.83. The Kier molecular flexibility index (Phi) is 5.39. The summed E-state index contributed by atoms with van der Waals surface area (Å²) in [6.07, 6.45) is 0.946. The highest BCUT2D eigenvalue weighted by Gasteiger charge is 2.23. The largest absolute Gasteiger partial charge is 0.354 e. The molecule has 0 amide bonds. The van der Waals surface area contributed by atoms with Crippen LogP contribution in [0.1, 0.15) is 49.9 Å². The molecule has 1 saturated heterocycles. The van der Waals surface area contributed by atoms with E-state index >= 15 is 0 Å². The fraction of sp³-hybridized carbons (Fsp3) is 0.632. The molecule has 5 nitrogen and oxygen atoms in total. The van der Waals surface area contributed by atoms with Crippen LogP contribution in [0, 0.1) is 6.92 Å². The first-order valence-corrected chi connectivity index (χ1v) is 10.00. The van der Waals surface area contributed by atoms with E-state index in [0.29, 0.717) is 0 Å². The average Bonchev–Trinajstić information content (AvgIpc) is 2.99. The highest BCUT2D eigenvalue weighted by molar-refractivity contribution is 7.09. The monoisotopic (exact) mass is 359 g/mol. The van der Waals surface area contributed by atoms with Crippen LogP contribution in [0.3, 0.4) is 0 Å². The maximum Gasteiger partial charge on any atom is 0.136 e. The molecule has 2 aromatic rings. The molecule has 0 aromatic carbocycles. The summed E-state index contributed by atoms with van der Waals surface area (Å²) >= 11 is 1.73. The first kappa shape index (κ1) is 18.3. The summed E-state index contributed by atoms with van der Waals surface area (Å²) in [7, 11) is 0. The van der Waals surface area contributed by atoms with Crippen LogP contribution in [0.15, 0.2) is 11.4 Å². The maximum absolute atomic E-state index is 4.87. The minimum Gasteiger partial charge on any atom is -0.354 e. The van der Waals surface area contributed by atoms with Gasteiger partial charge in [-0.1, -0.05) is 27.7 Å². The van der Waals surface area contributed by atoms with E-state index in [2.05, 4.69) is 60.8 Å². The van der Waals surface area contributed by atoms with Crippen molar-refractivity contribution >= 4 is 17.2 Å². The van der Waals surface area contributed by atoms with Crippen molar-refractivity contribution in [2.45, 2.75) is 53.0 Å². The molecule has 0 N–H and O–H groups in total. The molecule has 1 fully saturated rings. The van der Waals surface area contributed by atoms with Crippen molar-refractivity contribution in [2.24, 2.45) is 0 Å². The lowest BCUT2D eigenvalue weighted by atomic mass is 9.95. The maximum atomic E-state index is 4.87. The molecule has 0 spiro atoms. The molecule has 1 aliphatic rings. The third-order valence-corrected chi connectivity index (χ3v) is 5.37. The van der Waals surface area contributed by atoms with Crippen LogP contribution in [-0.4, -0.2) is 46.0 Å². The second kappa shape index (κ2) is 7.38. The third kappa shape index (κ3) is 4.55. The number of thiazole rings is 1. The van der Waals surface area contributed by atoms with Gasteiger partial charge in [-0.15, -0.1) is 11.3 Å². The van der Waals surface area contributed by atoms with Crippen LogP contribution in [0.5, 0.6) is 0 Å². The van der Waals surface area contributed by atoms with Crippen LogP contribution >= 0.6 is 11.3 Å². The Morgan fingerprint density at radius 3 is 2.32 bits per heavy atom. The van der Waals surface area contributed by atoms with Gasteiger partial charge in [0.2, 0.25) is 0 Å². The van der Waals surface area contributed by atoms with E-state index in [4.69, 9.17) is 9.97 Å². The molecule has 1 aliphatic heterocycles. The van der Waals surface area contributed by atoms with Crippen LogP contribution in [-0.2, 0) is 18.4 Å². The van der Waals surface area contributed by atoms with Gasteiger partial charge in [-0.3, -0.25) is 4.90 Å². The molecule has 2 aromatic heterocycles. The smallest absolute Gasteiger partial charge is 0.136 e. The van der Waals surface area contributed by atoms with Gasteiger partial charge in [-0.2, -0.15) is 0 Å². The van der Waals surface area contributed by atoms with Crippen LogP contribution in [0.2, 0.25) is 0 Å². The highest BCUT2D eigenvalue weighted by atomic mass is 32.1. The third-order valence-electron chi connectivity index (χ3n) is 4.55. The minimum atomic E-state index is -0.0236. The number of hydrogen-bond donors (Lipinski definition) is 0. The Morgan fingerprint density at radius 1 is 1.04 bits per heavy atom. The first-order chi connectivity index (χ1) is 11.8.